The molecule has 0 unspecified atom stereocenters. The molecule has 2 aromatic carbocycles. The second kappa shape index (κ2) is 9.50. The van der Waals surface area contributed by atoms with Crippen LogP contribution in [-0.2, 0) is 10.2 Å². The fourth-order valence-corrected chi connectivity index (χ4v) is 3.87. The van der Waals surface area contributed by atoms with Crippen LogP contribution in [0.1, 0.15) is 26.5 Å². The first kappa shape index (κ1) is 22.6. The SMILES string of the molecule is COc1cccc(-c2nnc(SCC(=O)Nc3cc(C(C)(C)C)no3)n2-c2ccccc2)c1. The van der Waals surface area contributed by atoms with Gasteiger partial charge in [-0.2, -0.15) is 0 Å². The lowest BCUT2D eigenvalue weighted by Crippen LogP contribution is -2.14. The molecule has 0 aliphatic carbocycles. The Hall–Kier alpha value is -3.59. The predicted octanol–water partition coefficient (Wildman–Crippen LogP) is 4.96. The Morgan fingerprint density at radius 2 is 1.88 bits per heavy atom. The van der Waals surface area contributed by atoms with Gasteiger partial charge in [-0.1, -0.05) is 68.0 Å². The lowest BCUT2D eigenvalue weighted by molar-refractivity contribution is -0.113. The van der Waals surface area contributed by atoms with Crippen molar-refractivity contribution in [3.63, 3.8) is 0 Å². The molecule has 0 bridgehead atoms. The van der Waals surface area contributed by atoms with Crippen molar-refractivity contribution in [2.75, 3.05) is 18.2 Å². The summed E-state index contributed by atoms with van der Waals surface area (Å²) in [6, 6.07) is 19.2. The molecule has 33 heavy (non-hydrogen) atoms. The Kier molecular flexibility index (Phi) is 6.50. The van der Waals surface area contributed by atoms with Crippen molar-refractivity contribution in [2.24, 2.45) is 0 Å². The number of hydrogen-bond acceptors (Lipinski definition) is 7. The lowest BCUT2D eigenvalue weighted by atomic mass is 9.92. The predicted molar refractivity (Wildman–Crippen MR) is 128 cm³/mol. The number of nitrogens with one attached hydrogen (secondary N) is 1. The summed E-state index contributed by atoms with van der Waals surface area (Å²) in [5.41, 5.74) is 2.37. The third kappa shape index (κ3) is 5.25. The first-order valence-electron chi connectivity index (χ1n) is 10.4. The van der Waals surface area contributed by atoms with Crippen LogP contribution in [0.2, 0.25) is 0 Å². The van der Waals surface area contributed by atoms with Crippen molar-refractivity contribution in [1.82, 2.24) is 19.9 Å². The van der Waals surface area contributed by atoms with E-state index in [-0.39, 0.29) is 17.1 Å². The molecule has 9 heteroatoms. The third-order valence-corrected chi connectivity index (χ3v) is 5.78. The Morgan fingerprint density at radius 1 is 1.09 bits per heavy atom. The van der Waals surface area contributed by atoms with Crippen LogP contribution in [0.3, 0.4) is 0 Å². The lowest BCUT2D eigenvalue weighted by Gasteiger charge is -2.12. The van der Waals surface area contributed by atoms with E-state index in [4.69, 9.17) is 9.26 Å². The first-order chi connectivity index (χ1) is 15.8. The Labute approximate surface area is 196 Å². The van der Waals surface area contributed by atoms with Crippen LogP contribution in [0.25, 0.3) is 17.1 Å². The van der Waals surface area contributed by atoms with Crippen LogP contribution in [0, 0.1) is 0 Å². The molecular formula is C24H25N5O3S. The number of amides is 1. The summed E-state index contributed by atoms with van der Waals surface area (Å²) in [5, 5.41) is 16.2. The van der Waals surface area contributed by atoms with Gasteiger partial charge in [-0.25, -0.2) is 0 Å². The molecule has 4 rings (SSSR count). The van der Waals surface area contributed by atoms with Crippen molar-refractivity contribution in [3.8, 4) is 22.8 Å². The maximum Gasteiger partial charge on any atom is 0.237 e. The Bertz CT molecular complexity index is 1240. The molecule has 0 saturated carbocycles. The highest BCUT2D eigenvalue weighted by atomic mass is 32.2. The highest BCUT2D eigenvalue weighted by molar-refractivity contribution is 7.99. The quantitative estimate of drug-likeness (QED) is 0.387. The number of para-hydroxylation sites is 1. The standard InChI is InChI=1S/C24H25N5O3S/c1-24(2,3)19-14-21(32-28-19)25-20(30)15-33-23-27-26-22(16-9-8-12-18(13-16)31-4)29(23)17-10-6-5-7-11-17/h5-14H,15H2,1-4H3,(H,25,30). The van der Waals surface area contributed by atoms with Gasteiger partial charge in [-0.3, -0.25) is 14.7 Å². The molecular weight excluding hydrogens is 438 g/mol. The summed E-state index contributed by atoms with van der Waals surface area (Å²) < 4.78 is 12.5. The summed E-state index contributed by atoms with van der Waals surface area (Å²) in [7, 11) is 1.62. The average molecular weight is 464 g/mol. The maximum absolute atomic E-state index is 12.6. The summed E-state index contributed by atoms with van der Waals surface area (Å²) in [4.78, 5) is 12.6. The molecule has 2 heterocycles. The van der Waals surface area contributed by atoms with Gasteiger partial charge in [0.1, 0.15) is 5.75 Å². The van der Waals surface area contributed by atoms with Crippen LogP contribution < -0.4 is 10.1 Å². The minimum atomic E-state index is -0.220. The van der Waals surface area contributed by atoms with Gasteiger partial charge in [0.05, 0.1) is 18.6 Å². The Morgan fingerprint density at radius 3 is 2.58 bits per heavy atom. The zero-order valence-corrected chi connectivity index (χ0v) is 19.7. The van der Waals surface area contributed by atoms with E-state index in [0.29, 0.717) is 16.9 Å². The van der Waals surface area contributed by atoms with Crippen LogP contribution in [-0.4, -0.2) is 38.7 Å². The summed E-state index contributed by atoms with van der Waals surface area (Å²) in [5.74, 6) is 1.63. The number of rotatable bonds is 7. The molecule has 0 fully saturated rings. The summed E-state index contributed by atoms with van der Waals surface area (Å²) in [6.07, 6.45) is 0. The minimum Gasteiger partial charge on any atom is -0.497 e. The normalized spacial score (nSPS) is 11.4. The maximum atomic E-state index is 12.6. The number of hydrogen-bond donors (Lipinski definition) is 1. The smallest absolute Gasteiger partial charge is 0.237 e. The van der Waals surface area contributed by atoms with Crippen molar-refractivity contribution in [3.05, 3.63) is 66.4 Å². The molecule has 8 nitrogen and oxygen atoms in total. The molecule has 1 N–H and O–H groups in total. The largest absolute Gasteiger partial charge is 0.497 e. The number of nitrogens with zero attached hydrogens (tertiary/aromatic N) is 4. The molecule has 0 radical (unpaired) electrons. The van der Waals surface area contributed by atoms with Crippen molar-refractivity contribution < 1.29 is 14.1 Å². The zero-order valence-electron chi connectivity index (χ0n) is 18.9. The number of aromatic nitrogens is 4. The number of carbonyl (C=O) groups is 1. The van der Waals surface area contributed by atoms with E-state index in [9.17, 15) is 4.79 Å². The number of thioether (sulfide) groups is 1. The number of anilines is 1. The second-order valence-electron chi connectivity index (χ2n) is 8.37. The fourth-order valence-electron chi connectivity index (χ4n) is 3.11. The van der Waals surface area contributed by atoms with E-state index in [0.717, 1.165) is 22.7 Å². The highest BCUT2D eigenvalue weighted by Gasteiger charge is 2.21. The number of methoxy groups -OCH3 is 1. The van der Waals surface area contributed by atoms with E-state index in [1.165, 1.54) is 11.8 Å². The van der Waals surface area contributed by atoms with E-state index < -0.39 is 0 Å². The van der Waals surface area contributed by atoms with Crippen LogP contribution in [0.4, 0.5) is 5.88 Å². The van der Waals surface area contributed by atoms with Crippen LogP contribution >= 0.6 is 11.8 Å². The molecule has 0 saturated heterocycles. The van der Waals surface area contributed by atoms with E-state index in [1.807, 2.05) is 79.9 Å². The summed E-state index contributed by atoms with van der Waals surface area (Å²) >= 11 is 1.29. The Balaban J connectivity index is 1.56. The van der Waals surface area contributed by atoms with Crippen molar-refractivity contribution >= 4 is 23.6 Å². The molecule has 0 atom stereocenters. The third-order valence-electron chi connectivity index (χ3n) is 4.85. The molecule has 0 spiro atoms. The van der Waals surface area contributed by atoms with Gasteiger partial charge in [0.2, 0.25) is 11.8 Å². The fraction of sp³-hybridized carbons (Fsp3) is 0.250. The van der Waals surface area contributed by atoms with Gasteiger partial charge in [0.15, 0.2) is 11.0 Å². The second-order valence-corrected chi connectivity index (χ2v) is 9.31. The average Bonchev–Trinajstić information content (AvgIpc) is 3.45. The molecule has 0 aliphatic heterocycles. The number of ether oxygens (including phenoxy) is 1. The van der Waals surface area contributed by atoms with Gasteiger partial charge >= 0.3 is 0 Å². The van der Waals surface area contributed by atoms with Gasteiger partial charge < -0.3 is 9.26 Å². The summed E-state index contributed by atoms with van der Waals surface area (Å²) in [6.45, 7) is 6.09. The van der Waals surface area contributed by atoms with Gasteiger partial charge in [-0.05, 0) is 24.3 Å². The van der Waals surface area contributed by atoms with E-state index in [2.05, 4.69) is 20.7 Å². The molecule has 2 aromatic heterocycles. The van der Waals surface area contributed by atoms with Crippen molar-refractivity contribution in [1.29, 1.82) is 0 Å². The number of carbonyl (C=O) groups excluding carboxylic acids is 1. The molecule has 0 aliphatic rings. The molecule has 1 amide bonds. The van der Waals surface area contributed by atoms with E-state index >= 15 is 0 Å². The minimum absolute atomic E-state index is 0.134. The number of benzene rings is 2. The van der Waals surface area contributed by atoms with Gasteiger partial charge in [0.25, 0.3) is 0 Å². The van der Waals surface area contributed by atoms with Crippen LogP contribution in [0.5, 0.6) is 5.75 Å². The van der Waals surface area contributed by atoms with E-state index in [1.54, 1.807) is 13.2 Å². The first-order valence-corrected chi connectivity index (χ1v) is 11.4. The molecule has 4 aromatic rings. The van der Waals surface area contributed by atoms with Crippen molar-refractivity contribution in [2.45, 2.75) is 31.3 Å². The van der Waals surface area contributed by atoms with Crippen LogP contribution in [0.15, 0.2) is 70.3 Å². The highest BCUT2D eigenvalue weighted by Crippen LogP contribution is 2.30. The molecule has 170 valence electrons. The van der Waals surface area contributed by atoms with Gasteiger partial charge in [-0.15, -0.1) is 10.2 Å². The van der Waals surface area contributed by atoms with Gasteiger partial charge in [0, 0.05) is 22.7 Å². The monoisotopic (exact) mass is 463 g/mol. The topological polar surface area (TPSA) is 95.1 Å². The zero-order chi connectivity index (χ0) is 23.4.